The van der Waals surface area contributed by atoms with Crippen molar-refractivity contribution in [2.24, 2.45) is 5.92 Å². The first-order valence-electron chi connectivity index (χ1n) is 8.89. The lowest BCUT2D eigenvalue weighted by Crippen LogP contribution is -2.47. The molecule has 1 aromatic rings. The minimum absolute atomic E-state index is 0.342. The molecule has 1 aromatic carbocycles. The maximum atomic E-state index is 10.4. The molecule has 0 bridgehead atoms. The van der Waals surface area contributed by atoms with Gasteiger partial charge >= 0.3 is 0 Å². The van der Waals surface area contributed by atoms with Gasteiger partial charge in [0.15, 0.2) is 0 Å². The highest BCUT2D eigenvalue weighted by atomic mass is 16.3. The van der Waals surface area contributed by atoms with Gasteiger partial charge in [0.1, 0.15) is 0 Å². The van der Waals surface area contributed by atoms with Gasteiger partial charge in [0, 0.05) is 38.9 Å². The predicted molar refractivity (Wildman–Crippen MR) is 96.1 cm³/mol. The van der Waals surface area contributed by atoms with Gasteiger partial charge in [0.05, 0.1) is 6.10 Å². The van der Waals surface area contributed by atoms with Crippen LogP contribution in [0.25, 0.3) is 0 Å². The van der Waals surface area contributed by atoms with Crippen LogP contribution in [0.1, 0.15) is 37.9 Å². The minimum atomic E-state index is -0.342. The number of rotatable bonds is 9. The van der Waals surface area contributed by atoms with E-state index in [1.54, 1.807) is 0 Å². The molecule has 0 saturated carbocycles. The molecule has 128 valence electrons. The normalized spacial score (nSPS) is 19.4. The Morgan fingerprint density at radius 2 is 1.78 bits per heavy atom. The third kappa shape index (κ3) is 6.05. The quantitative estimate of drug-likeness (QED) is 0.689. The third-order valence-electron chi connectivity index (χ3n) is 4.99. The molecule has 2 rings (SSSR count). The molecular weight excluding hydrogens is 286 g/mol. The summed E-state index contributed by atoms with van der Waals surface area (Å²) in [5.74, 6) is 0.574. The van der Waals surface area contributed by atoms with Gasteiger partial charge in [-0.05, 0) is 30.9 Å². The summed E-state index contributed by atoms with van der Waals surface area (Å²) in [5.41, 5.74) is 1.03. The maximum Gasteiger partial charge on any atom is 0.0792 e. The zero-order valence-electron chi connectivity index (χ0n) is 14.3. The maximum absolute atomic E-state index is 10.4. The standard InChI is InChI=1S/C19H31N3O/c1-2-17(16-19(23)18-6-4-3-5-7-18)8-10-21-12-14-22(11-9-20)15-13-21/h3-7,9,17,19-20,23H,2,8,10-16H2,1H3. The Morgan fingerprint density at radius 3 is 2.39 bits per heavy atom. The fourth-order valence-electron chi connectivity index (χ4n) is 3.31. The van der Waals surface area contributed by atoms with Crippen molar-refractivity contribution in [2.45, 2.75) is 32.3 Å². The van der Waals surface area contributed by atoms with Crippen LogP contribution in [0.3, 0.4) is 0 Å². The summed E-state index contributed by atoms with van der Waals surface area (Å²) in [4.78, 5) is 4.86. The second-order valence-corrected chi connectivity index (χ2v) is 6.57. The van der Waals surface area contributed by atoms with E-state index >= 15 is 0 Å². The molecule has 1 aliphatic heterocycles. The van der Waals surface area contributed by atoms with E-state index < -0.39 is 0 Å². The van der Waals surface area contributed by atoms with E-state index in [9.17, 15) is 5.11 Å². The van der Waals surface area contributed by atoms with Gasteiger partial charge in [0.25, 0.3) is 0 Å². The Balaban J connectivity index is 1.72. The van der Waals surface area contributed by atoms with Gasteiger partial charge in [-0.1, -0.05) is 43.7 Å². The lowest BCUT2D eigenvalue weighted by molar-refractivity contribution is 0.117. The first-order chi connectivity index (χ1) is 11.2. The van der Waals surface area contributed by atoms with E-state index in [0.29, 0.717) is 5.92 Å². The van der Waals surface area contributed by atoms with E-state index in [1.165, 1.54) is 6.21 Å². The topological polar surface area (TPSA) is 50.6 Å². The largest absolute Gasteiger partial charge is 0.388 e. The lowest BCUT2D eigenvalue weighted by Gasteiger charge is -2.34. The van der Waals surface area contributed by atoms with E-state index in [0.717, 1.165) is 64.1 Å². The molecule has 1 heterocycles. The Bertz CT molecular complexity index is 443. The highest BCUT2D eigenvalue weighted by molar-refractivity contribution is 5.55. The molecule has 4 nitrogen and oxygen atoms in total. The van der Waals surface area contributed by atoms with Crippen LogP contribution in [0.2, 0.25) is 0 Å². The number of aliphatic hydroxyl groups is 1. The number of nitrogens with zero attached hydrogens (tertiary/aromatic N) is 2. The zero-order valence-corrected chi connectivity index (χ0v) is 14.3. The number of aliphatic hydroxyl groups excluding tert-OH is 1. The summed E-state index contributed by atoms with van der Waals surface area (Å²) in [5, 5.41) is 17.6. The highest BCUT2D eigenvalue weighted by Gasteiger charge is 2.19. The molecule has 23 heavy (non-hydrogen) atoms. The van der Waals surface area contributed by atoms with Gasteiger partial charge < -0.3 is 15.4 Å². The summed E-state index contributed by atoms with van der Waals surface area (Å²) in [6, 6.07) is 10.0. The lowest BCUT2D eigenvalue weighted by atomic mass is 9.92. The monoisotopic (exact) mass is 317 g/mol. The van der Waals surface area contributed by atoms with Gasteiger partial charge in [-0.25, -0.2) is 0 Å². The summed E-state index contributed by atoms with van der Waals surface area (Å²) < 4.78 is 0. The third-order valence-corrected chi connectivity index (χ3v) is 4.99. The predicted octanol–water partition coefficient (Wildman–Crippen LogP) is 2.79. The molecule has 1 saturated heterocycles. The van der Waals surface area contributed by atoms with E-state index in [2.05, 4.69) is 16.7 Å². The molecule has 0 spiro atoms. The second-order valence-electron chi connectivity index (χ2n) is 6.57. The Hall–Kier alpha value is -1.23. The number of hydrogen-bond acceptors (Lipinski definition) is 4. The van der Waals surface area contributed by atoms with Crippen LogP contribution in [0.5, 0.6) is 0 Å². The summed E-state index contributed by atoms with van der Waals surface area (Å²) in [7, 11) is 0. The Morgan fingerprint density at radius 1 is 1.13 bits per heavy atom. The molecule has 2 unspecified atom stereocenters. The minimum Gasteiger partial charge on any atom is -0.388 e. The number of nitrogens with one attached hydrogen (secondary N) is 1. The molecule has 0 aliphatic carbocycles. The van der Waals surface area contributed by atoms with Crippen LogP contribution in [0.15, 0.2) is 30.3 Å². The zero-order chi connectivity index (χ0) is 16.5. The van der Waals surface area contributed by atoms with Crippen LogP contribution in [-0.2, 0) is 0 Å². The SMILES string of the molecule is CCC(CCN1CCN(CC=N)CC1)CC(O)c1ccccc1. The highest BCUT2D eigenvalue weighted by Crippen LogP contribution is 2.25. The molecule has 0 aromatic heterocycles. The van der Waals surface area contributed by atoms with Crippen molar-refractivity contribution < 1.29 is 5.11 Å². The van der Waals surface area contributed by atoms with Crippen molar-refractivity contribution in [3.8, 4) is 0 Å². The van der Waals surface area contributed by atoms with Gasteiger partial charge in [-0.2, -0.15) is 0 Å². The van der Waals surface area contributed by atoms with Crippen LogP contribution in [0.4, 0.5) is 0 Å². The first kappa shape index (κ1) is 18.1. The Kier molecular flexibility index (Phi) is 7.72. The van der Waals surface area contributed by atoms with Crippen LogP contribution >= 0.6 is 0 Å². The van der Waals surface area contributed by atoms with Gasteiger partial charge in [-0.3, -0.25) is 4.90 Å². The molecule has 1 fully saturated rings. The Labute approximate surface area is 140 Å². The van der Waals surface area contributed by atoms with Gasteiger partial charge in [-0.15, -0.1) is 0 Å². The number of piperazine rings is 1. The van der Waals surface area contributed by atoms with Crippen molar-refractivity contribution in [3.63, 3.8) is 0 Å². The smallest absolute Gasteiger partial charge is 0.0792 e. The van der Waals surface area contributed by atoms with Crippen molar-refractivity contribution in [1.29, 1.82) is 5.41 Å². The summed E-state index contributed by atoms with van der Waals surface area (Å²) >= 11 is 0. The van der Waals surface area contributed by atoms with E-state index in [-0.39, 0.29) is 6.10 Å². The van der Waals surface area contributed by atoms with Crippen molar-refractivity contribution >= 4 is 6.21 Å². The average Bonchev–Trinajstić information content (AvgIpc) is 2.60. The molecule has 4 heteroatoms. The fourth-order valence-corrected chi connectivity index (χ4v) is 3.31. The molecular formula is C19H31N3O. The van der Waals surface area contributed by atoms with Crippen LogP contribution in [-0.4, -0.2) is 60.4 Å². The van der Waals surface area contributed by atoms with Crippen LogP contribution in [0, 0.1) is 11.3 Å². The average molecular weight is 317 g/mol. The van der Waals surface area contributed by atoms with Crippen molar-refractivity contribution in [1.82, 2.24) is 9.80 Å². The first-order valence-corrected chi connectivity index (χ1v) is 8.89. The number of benzene rings is 1. The van der Waals surface area contributed by atoms with Crippen molar-refractivity contribution in [3.05, 3.63) is 35.9 Å². The second kappa shape index (κ2) is 9.81. The molecule has 0 amide bonds. The number of hydrogen-bond donors (Lipinski definition) is 2. The fraction of sp³-hybridized carbons (Fsp3) is 0.632. The van der Waals surface area contributed by atoms with Crippen molar-refractivity contribution in [2.75, 3.05) is 39.3 Å². The molecule has 2 N–H and O–H groups in total. The molecule has 1 aliphatic rings. The van der Waals surface area contributed by atoms with E-state index in [4.69, 9.17) is 5.41 Å². The summed E-state index contributed by atoms with van der Waals surface area (Å²) in [6.07, 6.45) is 4.29. The molecule has 2 atom stereocenters. The van der Waals surface area contributed by atoms with E-state index in [1.807, 2.05) is 30.3 Å². The molecule has 0 radical (unpaired) electrons. The van der Waals surface area contributed by atoms with Crippen LogP contribution < -0.4 is 0 Å². The van der Waals surface area contributed by atoms with Gasteiger partial charge in [0.2, 0.25) is 0 Å². The summed E-state index contributed by atoms with van der Waals surface area (Å²) in [6.45, 7) is 8.48.